The van der Waals surface area contributed by atoms with E-state index >= 15 is 0 Å². The zero-order valence-electron chi connectivity index (χ0n) is 15.5. The van der Waals surface area contributed by atoms with Gasteiger partial charge in [-0.3, -0.25) is 9.59 Å². The van der Waals surface area contributed by atoms with Crippen molar-refractivity contribution in [3.8, 4) is 5.75 Å². The third kappa shape index (κ3) is 5.79. The first-order chi connectivity index (χ1) is 13.1. The Balaban J connectivity index is 1.35. The number of piperidine rings is 1. The Bertz CT molecular complexity index is 755. The van der Waals surface area contributed by atoms with Crippen LogP contribution in [0.15, 0.2) is 36.5 Å². The highest BCUT2D eigenvalue weighted by Crippen LogP contribution is 2.19. The molecule has 2 heterocycles. The van der Waals surface area contributed by atoms with Crippen molar-refractivity contribution in [2.75, 3.05) is 19.7 Å². The van der Waals surface area contributed by atoms with Crippen LogP contribution < -0.4 is 10.1 Å². The number of likely N-dealkylation sites (tertiary alicyclic amines) is 1. The van der Waals surface area contributed by atoms with Crippen LogP contribution in [0.5, 0.6) is 5.75 Å². The molecule has 0 bridgehead atoms. The largest absolute Gasteiger partial charge is 0.493 e. The van der Waals surface area contributed by atoms with Crippen molar-refractivity contribution in [1.29, 1.82) is 0 Å². The lowest BCUT2D eigenvalue weighted by molar-refractivity contribution is -0.136. The Hall–Kier alpha value is -2.41. The molecule has 1 aromatic carbocycles. The SMILES string of the molecule is Cc1ncc(CNC(=O)C2CCN(C(=O)CCOc3ccccc3)CC2)s1. The molecule has 0 saturated carbocycles. The quantitative estimate of drug-likeness (QED) is 0.793. The summed E-state index contributed by atoms with van der Waals surface area (Å²) < 4.78 is 5.59. The lowest BCUT2D eigenvalue weighted by Gasteiger charge is -2.31. The van der Waals surface area contributed by atoms with Gasteiger partial charge in [-0.2, -0.15) is 0 Å². The Morgan fingerprint density at radius 2 is 2.00 bits per heavy atom. The van der Waals surface area contributed by atoms with Crippen molar-refractivity contribution in [3.63, 3.8) is 0 Å². The second-order valence-electron chi connectivity index (χ2n) is 6.63. The molecule has 1 saturated heterocycles. The molecule has 1 aromatic heterocycles. The highest BCUT2D eigenvalue weighted by atomic mass is 32.1. The Morgan fingerprint density at radius 1 is 1.26 bits per heavy atom. The summed E-state index contributed by atoms with van der Waals surface area (Å²) in [5.41, 5.74) is 0. The number of nitrogens with zero attached hydrogens (tertiary/aromatic N) is 2. The number of hydrogen-bond donors (Lipinski definition) is 1. The molecule has 2 amide bonds. The molecule has 27 heavy (non-hydrogen) atoms. The van der Waals surface area contributed by atoms with Crippen LogP contribution in [0.25, 0.3) is 0 Å². The maximum atomic E-state index is 12.3. The average molecular weight is 388 g/mol. The minimum atomic E-state index is -0.0244. The van der Waals surface area contributed by atoms with Crippen molar-refractivity contribution in [2.45, 2.75) is 32.7 Å². The maximum absolute atomic E-state index is 12.3. The van der Waals surface area contributed by atoms with Crippen LogP contribution in [0.1, 0.15) is 29.1 Å². The van der Waals surface area contributed by atoms with E-state index in [1.54, 1.807) is 17.5 Å². The summed E-state index contributed by atoms with van der Waals surface area (Å²) in [6.45, 7) is 4.11. The predicted octanol–water partition coefficient (Wildman–Crippen LogP) is 2.78. The zero-order chi connectivity index (χ0) is 19.1. The minimum Gasteiger partial charge on any atom is -0.493 e. The first-order valence-corrected chi connectivity index (χ1v) is 10.1. The number of aryl methyl sites for hydroxylation is 1. The van der Waals surface area contributed by atoms with E-state index in [4.69, 9.17) is 4.74 Å². The standard InChI is InChI=1S/C20H25N3O3S/c1-15-21-13-18(27-15)14-22-20(25)16-7-10-23(11-8-16)19(24)9-12-26-17-5-3-2-4-6-17/h2-6,13,16H,7-12,14H2,1H3,(H,22,25). The summed E-state index contributed by atoms with van der Waals surface area (Å²) in [6, 6.07) is 9.49. The van der Waals surface area contributed by atoms with Crippen LogP contribution in [-0.4, -0.2) is 41.4 Å². The van der Waals surface area contributed by atoms with E-state index in [0.29, 0.717) is 45.5 Å². The summed E-state index contributed by atoms with van der Waals surface area (Å²) in [5, 5.41) is 3.99. The number of ether oxygens (including phenoxy) is 1. The second kappa shape index (κ2) is 9.50. The molecule has 1 fully saturated rings. The van der Waals surface area contributed by atoms with Crippen LogP contribution in [0.2, 0.25) is 0 Å². The van der Waals surface area contributed by atoms with Gasteiger partial charge in [-0.1, -0.05) is 18.2 Å². The molecule has 1 aliphatic heterocycles. The van der Waals surface area contributed by atoms with E-state index in [1.165, 1.54) is 0 Å². The lowest BCUT2D eigenvalue weighted by Crippen LogP contribution is -2.43. The maximum Gasteiger partial charge on any atom is 0.225 e. The van der Waals surface area contributed by atoms with Crippen molar-refractivity contribution in [1.82, 2.24) is 15.2 Å². The number of nitrogens with one attached hydrogen (secondary N) is 1. The summed E-state index contributed by atoms with van der Waals surface area (Å²) >= 11 is 1.60. The van der Waals surface area contributed by atoms with E-state index in [-0.39, 0.29) is 17.7 Å². The Kier molecular flexibility index (Phi) is 6.81. The van der Waals surface area contributed by atoms with Crippen LogP contribution in [0.4, 0.5) is 0 Å². The van der Waals surface area contributed by atoms with Crippen LogP contribution in [0, 0.1) is 12.8 Å². The first-order valence-electron chi connectivity index (χ1n) is 9.26. The molecule has 0 spiro atoms. The monoisotopic (exact) mass is 387 g/mol. The molecular weight excluding hydrogens is 362 g/mol. The highest BCUT2D eigenvalue weighted by molar-refractivity contribution is 7.11. The molecule has 0 radical (unpaired) electrons. The summed E-state index contributed by atoms with van der Waals surface area (Å²) in [5.74, 6) is 0.908. The average Bonchev–Trinajstić information content (AvgIpc) is 3.12. The fourth-order valence-electron chi connectivity index (χ4n) is 3.13. The molecule has 7 heteroatoms. The number of para-hydroxylation sites is 1. The molecule has 6 nitrogen and oxygen atoms in total. The topological polar surface area (TPSA) is 71.5 Å². The molecule has 0 unspecified atom stereocenters. The van der Waals surface area contributed by atoms with Gasteiger partial charge in [0.05, 0.1) is 24.6 Å². The van der Waals surface area contributed by atoms with Gasteiger partial charge >= 0.3 is 0 Å². The first kappa shape index (κ1) is 19.4. The predicted molar refractivity (Wildman–Crippen MR) is 105 cm³/mol. The van der Waals surface area contributed by atoms with Gasteiger partial charge < -0.3 is 15.0 Å². The molecule has 1 N–H and O–H groups in total. The normalized spacial score (nSPS) is 14.8. The van der Waals surface area contributed by atoms with Gasteiger partial charge in [-0.25, -0.2) is 4.98 Å². The minimum absolute atomic E-state index is 0.0244. The van der Waals surface area contributed by atoms with E-state index in [9.17, 15) is 9.59 Å². The van der Waals surface area contributed by atoms with Gasteiger partial charge in [0.2, 0.25) is 11.8 Å². The highest BCUT2D eigenvalue weighted by Gasteiger charge is 2.27. The zero-order valence-corrected chi connectivity index (χ0v) is 16.3. The Labute approximate surface area is 163 Å². The van der Waals surface area contributed by atoms with Crippen LogP contribution in [0.3, 0.4) is 0 Å². The van der Waals surface area contributed by atoms with Crippen molar-refractivity contribution < 1.29 is 14.3 Å². The van der Waals surface area contributed by atoms with Crippen molar-refractivity contribution >= 4 is 23.2 Å². The van der Waals surface area contributed by atoms with Gasteiger partial charge in [0.15, 0.2) is 0 Å². The second-order valence-corrected chi connectivity index (χ2v) is 7.95. The molecule has 2 aromatic rings. The van der Waals surface area contributed by atoms with Crippen molar-refractivity contribution in [2.24, 2.45) is 5.92 Å². The summed E-state index contributed by atoms with van der Waals surface area (Å²) in [4.78, 5) is 31.7. The number of carbonyl (C=O) groups is 2. The third-order valence-corrected chi connectivity index (χ3v) is 5.57. The molecule has 3 rings (SSSR count). The fourth-order valence-corrected chi connectivity index (χ4v) is 3.86. The summed E-state index contributed by atoms with van der Waals surface area (Å²) in [6.07, 6.45) is 3.58. The molecule has 144 valence electrons. The number of carbonyl (C=O) groups excluding carboxylic acids is 2. The Morgan fingerprint density at radius 3 is 2.67 bits per heavy atom. The number of benzene rings is 1. The molecular formula is C20H25N3O3S. The number of rotatable bonds is 7. The van der Waals surface area contributed by atoms with E-state index < -0.39 is 0 Å². The van der Waals surface area contributed by atoms with Gasteiger partial charge in [0.1, 0.15) is 5.75 Å². The van der Waals surface area contributed by atoms with E-state index in [1.807, 2.05) is 42.2 Å². The van der Waals surface area contributed by atoms with Gasteiger partial charge in [0.25, 0.3) is 0 Å². The molecule has 0 atom stereocenters. The summed E-state index contributed by atoms with van der Waals surface area (Å²) in [7, 11) is 0. The fraction of sp³-hybridized carbons (Fsp3) is 0.450. The third-order valence-electron chi connectivity index (χ3n) is 4.65. The number of amides is 2. The van der Waals surface area contributed by atoms with Crippen LogP contribution in [-0.2, 0) is 16.1 Å². The van der Waals surface area contributed by atoms with E-state index in [0.717, 1.165) is 15.6 Å². The van der Waals surface area contributed by atoms with Gasteiger partial charge in [0, 0.05) is 30.1 Å². The van der Waals surface area contributed by atoms with Crippen molar-refractivity contribution in [3.05, 3.63) is 46.4 Å². The lowest BCUT2D eigenvalue weighted by atomic mass is 9.95. The van der Waals surface area contributed by atoms with Gasteiger partial charge in [-0.15, -0.1) is 11.3 Å². The molecule has 0 aliphatic carbocycles. The number of aromatic nitrogens is 1. The molecule has 1 aliphatic rings. The smallest absolute Gasteiger partial charge is 0.225 e. The van der Waals surface area contributed by atoms with Gasteiger partial charge in [-0.05, 0) is 31.9 Å². The van der Waals surface area contributed by atoms with E-state index in [2.05, 4.69) is 10.3 Å². The number of thiazole rings is 1. The van der Waals surface area contributed by atoms with Crippen LogP contribution >= 0.6 is 11.3 Å². The number of hydrogen-bond acceptors (Lipinski definition) is 5.